The largest absolute Gasteiger partial charge is 0.489 e. The summed E-state index contributed by atoms with van der Waals surface area (Å²) in [7, 11) is 0. The molecule has 0 atom stereocenters. The molecule has 1 fully saturated rings. The molecule has 4 aromatic carbocycles. The fraction of sp³-hybridized carbons (Fsp3) is 0.0645. The fourth-order valence-electron chi connectivity index (χ4n) is 4.03. The van der Waals surface area contributed by atoms with E-state index in [-0.39, 0.29) is 30.3 Å². The molecule has 0 unspecified atom stereocenters. The molecule has 7 nitrogen and oxygen atoms in total. The molecule has 4 aromatic rings. The Morgan fingerprint density at radius 2 is 1.57 bits per heavy atom. The van der Waals surface area contributed by atoms with Gasteiger partial charge in [0.1, 0.15) is 36.1 Å². The summed E-state index contributed by atoms with van der Waals surface area (Å²) in [5.41, 5.74) is 1.87. The first-order valence-electron chi connectivity index (χ1n) is 12.2. The molecular formula is C31H22ClFN2O5. The number of urea groups is 1. The van der Waals surface area contributed by atoms with Gasteiger partial charge in [-0.15, -0.1) is 0 Å². The van der Waals surface area contributed by atoms with Crippen LogP contribution in [-0.4, -0.2) is 17.8 Å². The van der Waals surface area contributed by atoms with Crippen molar-refractivity contribution in [2.75, 3.05) is 4.90 Å². The Morgan fingerprint density at radius 1 is 0.825 bits per heavy atom. The zero-order valence-electron chi connectivity index (χ0n) is 21.0. The summed E-state index contributed by atoms with van der Waals surface area (Å²) in [4.78, 5) is 39.5. The minimum Gasteiger partial charge on any atom is -0.489 e. The van der Waals surface area contributed by atoms with Crippen LogP contribution in [-0.2, 0) is 22.8 Å². The minimum atomic E-state index is -0.868. The molecule has 5 rings (SSSR count). The maximum absolute atomic E-state index is 13.5. The number of carbonyl (C=O) groups is 3. The van der Waals surface area contributed by atoms with E-state index in [2.05, 4.69) is 5.32 Å². The number of halogens is 2. The van der Waals surface area contributed by atoms with Crippen molar-refractivity contribution in [1.82, 2.24) is 5.32 Å². The van der Waals surface area contributed by atoms with Crippen molar-refractivity contribution >= 4 is 41.2 Å². The highest BCUT2D eigenvalue weighted by atomic mass is 35.5. The van der Waals surface area contributed by atoms with E-state index in [1.807, 2.05) is 18.2 Å². The lowest BCUT2D eigenvalue weighted by Gasteiger charge is -2.26. The van der Waals surface area contributed by atoms with Gasteiger partial charge in [0, 0.05) is 16.1 Å². The lowest BCUT2D eigenvalue weighted by atomic mass is 10.1. The number of imide groups is 2. The van der Waals surface area contributed by atoms with E-state index < -0.39 is 17.8 Å². The van der Waals surface area contributed by atoms with Crippen LogP contribution in [0.15, 0.2) is 103 Å². The van der Waals surface area contributed by atoms with E-state index in [1.54, 1.807) is 66.7 Å². The zero-order chi connectivity index (χ0) is 28.1. The molecule has 0 aliphatic carbocycles. The molecule has 40 heavy (non-hydrogen) atoms. The van der Waals surface area contributed by atoms with Crippen molar-refractivity contribution in [3.63, 3.8) is 0 Å². The Balaban J connectivity index is 1.34. The fourth-order valence-corrected chi connectivity index (χ4v) is 4.22. The van der Waals surface area contributed by atoms with E-state index in [0.29, 0.717) is 27.6 Å². The number of hydrogen-bond acceptors (Lipinski definition) is 5. The summed E-state index contributed by atoms with van der Waals surface area (Å²) >= 11 is 6.17. The topological polar surface area (TPSA) is 84.9 Å². The van der Waals surface area contributed by atoms with E-state index in [0.717, 1.165) is 10.5 Å². The number of ether oxygens (including phenoxy) is 2. The standard InChI is InChI=1S/C31H22ClFN2O5/c32-27-10-3-1-8-22(27)19-39-25-14-12-24(13-15-25)35-30(37)26(29(36)34-31(35)38)17-21-7-2-4-11-28(21)40-18-20-6-5-9-23(33)16-20/h1-17H,18-19H2,(H,34,36,38)/b26-17+. The van der Waals surface area contributed by atoms with Crippen molar-refractivity contribution in [3.8, 4) is 11.5 Å². The molecule has 1 aliphatic heterocycles. The number of hydrogen-bond donors (Lipinski definition) is 1. The van der Waals surface area contributed by atoms with Crippen molar-refractivity contribution in [2.24, 2.45) is 0 Å². The number of nitrogens with one attached hydrogen (secondary N) is 1. The second kappa shape index (κ2) is 11.8. The van der Waals surface area contributed by atoms with Crippen LogP contribution in [0.4, 0.5) is 14.9 Å². The third kappa shape index (κ3) is 6.03. The Bertz CT molecular complexity index is 1620. The number of carbonyl (C=O) groups excluding carboxylic acids is 3. The van der Waals surface area contributed by atoms with Gasteiger partial charge < -0.3 is 9.47 Å². The van der Waals surface area contributed by atoms with Gasteiger partial charge >= 0.3 is 6.03 Å². The third-order valence-corrected chi connectivity index (χ3v) is 6.42. The molecular weight excluding hydrogens is 535 g/mol. The predicted octanol–water partition coefficient (Wildman–Crippen LogP) is 6.30. The van der Waals surface area contributed by atoms with Crippen LogP contribution in [0.25, 0.3) is 6.08 Å². The normalized spacial score (nSPS) is 14.3. The van der Waals surface area contributed by atoms with Crippen molar-refractivity contribution in [3.05, 3.63) is 130 Å². The summed E-state index contributed by atoms with van der Waals surface area (Å²) in [6.45, 7) is 0.317. The van der Waals surface area contributed by atoms with E-state index in [1.165, 1.54) is 18.2 Å². The molecule has 1 aliphatic rings. The van der Waals surface area contributed by atoms with Crippen molar-refractivity contribution < 1.29 is 28.2 Å². The van der Waals surface area contributed by atoms with Crippen LogP contribution >= 0.6 is 11.6 Å². The first-order chi connectivity index (χ1) is 19.4. The number of para-hydroxylation sites is 1. The second-order valence-electron chi connectivity index (χ2n) is 8.79. The highest BCUT2D eigenvalue weighted by molar-refractivity contribution is 6.39. The van der Waals surface area contributed by atoms with Gasteiger partial charge in [-0.2, -0.15) is 0 Å². The van der Waals surface area contributed by atoms with Gasteiger partial charge in [-0.25, -0.2) is 14.1 Å². The average molecular weight is 557 g/mol. The van der Waals surface area contributed by atoms with E-state index in [4.69, 9.17) is 21.1 Å². The maximum Gasteiger partial charge on any atom is 0.335 e. The molecule has 200 valence electrons. The molecule has 0 spiro atoms. The number of benzene rings is 4. The van der Waals surface area contributed by atoms with Crippen molar-refractivity contribution in [2.45, 2.75) is 13.2 Å². The average Bonchev–Trinajstić information content (AvgIpc) is 2.95. The number of nitrogens with zero attached hydrogens (tertiary/aromatic N) is 1. The lowest BCUT2D eigenvalue weighted by molar-refractivity contribution is -0.122. The van der Waals surface area contributed by atoms with Gasteiger partial charge in [0.05, 0.1) is 5.69 Å². The van der Waals surface area contributed by atoms with Gasteiger partial charge in [0.25, 0.3) is 11.8 Å². The molecule has 1 heterocycles. The Kier molecular flexibility index (Phi) is 7.89. The summed E-state index contributed by atoms with van der Waals surface area (Å²) in [6.07, 6.45) is 1.36. The maximum atomic E-state index is 13.5. The predicted molar refractivity (Wildman–Crippen MR) is 148 cm³/mol. The number of barbiturate groups is 1. The quantitative estimate of drug-likeness (QED) is 0.203. The minimum absolute atomic E-state index is 0.0770. The van der Waals surface area contributed by atoms with Gasteiger partial charge in [-0.05, 0) is 60.2 Å². The van der Waals surface area contributed by atoms with Crippen LogP contribution in [0.2, 0.25) is 5.02 Å². The molecule has 0 bridgehead atoms. The van der Waals surface area contributed by atoms with Crippen LogP contribution in [0.1, 0.15) is 16.7 Å². The van der Waals surface area contributed by atoms with E-state index in [9.17, 15) is 18.8 Å². The second-order valence-corrected chi connectivity index (χ2v) is 9.20. The number of anilines is 1. The van der Waals surface area contributed by atoms with Gasteiger partial charge in [0.15, 0.2) is 0 Å². The van der Waals surface area contributed by atoms with Gasteiger partial charge in [-0.1, -0.05) is 60.1 Å². The molecule has 0 aromatic heterocycles. The van der Waals surface area contributed by atoms with E-state index >= 15 is 0 Å². The molecule has 4 amide bonds. The summed E-state index contributed by atoms with van der Waals surface area (Å²) in [6, 6.07) is 25.5. The van der Waals surface area contributed by atoms with Gasteiger partial charge in [-0.3, -0.25) is 14.9 Å². The smallest absolute Gasteiger partial charge is 0.335 e. The summed E-state index contributed by atoms with van der Waals surface area (Å²) in [5.74, 6) is -1.12. The first-order valence-corrected chi connectivity index (χ1v) is 12.6. The Hall–Kier alpha value is -4.95. The van der Waals surface area contributed by atoms with Crippen LogP contribution in [0.3, 0.4) is 0 Å². The monoisotopic (exact) mass is 556 g/mol. The zero-order valence-corrected chi connectivity index (χ0v) is 21.7. The van der Waals surface area contributed by atoms with Gasteiger partial charge in [0.2, 0.25) is 0 Å². The van der Waals surface area contributed by atoms with Crippen LogP contribution < -0.4 is 19.7 Å². The number of rotatable bonds is 8. The Morgan fingerprint density at radius 3 is 2.35 bits per heavy atom. The third-order valence-electron chi connectivity index (χ3n) is 6.05. The molecule has 9 heteroatoms. The van der Waals surface area contributed by atoms with Crippen molar-refractivity contribution in [1.29, 1.82) is 0 Å². The highest BCUT2D eigenvalue weighted by Gasteiger charge is 2.37. The summed E-state index contributed by atoms with van der Waals surface area (Å²) < 4.78 is 25.1. The molecule has 0 saturated carbocycles. The van der Waals surface area contributed by atoms with Crippen LogP contribution in [0, 0.1) is 5.82 Å². The Labute approximate surface area is 234 Å². The molecule has 1 saturated heterocycles. The summed E-state index contributed by atoms with van der Waals surface area (Å²) in [5, 5.41) is 2.79. The molecule has 0 radical (unpaired) electrons. The highest BCUT2D eigenvalue weighted by Crippen LogP contribution is 2.28. The first kappa shape index (κ1) is 26.6. The molecule has 1 N–H and O–H groups in total. The lowest BCUT2D eigenvalue weighted by Crippen LogP contribution is -2.54. The number of amides is 4. The SMILES string of the molecule is O=C1NC(=O)N(c2ccc(OCc3ccccc3Cl)cc2)C(=O)/C1=C/c1ccccc1OCc1cccc(F)c1. The van der Waals surface area contributed by atoms with Crippen LogP contribution in [0.5, 0.6) is 11.5 Å².